The normalized spacial score (nSPS) is 14.8. The number of benzene rings is 1. The second-order valence-corrected chi connectivity index (χ2v) is 20.8. The first kappa shape index (κ1) is 69.5. The number of hydrogen-bond donors (Lipinski definition) is 18. The van der Waals surface area contributed by atoms with Gasteiger partial charge in [-0.05, 0) is 74.5 Å². The Hall–Kier alpha value is -8.61. The van der Waals surface area contributed by atoms with Crippen LogP contribution in [0.15, 0.2) is 46.8 Å². The van der Waals surface area contributed by atoms with Crippen LogP contribution in [0, 0.1) is 17.8 Å². The lowest BCUT2D eigenvalue weighted by atomic mass is 9.98. The molecule has 1 heterocycles. The van der Waals surface area contributed by atoms with Crippen LogP contribution >= 0.6 is 0 Å². The Kier molecular flexibility index (Phi) is 29.3. The van der Waals surface area contributed by atoms with Gasteiger partial charge in [0.25, 0.3) is 0 Å². The van der Waals surface area contributed by atoms with Gasteiger partial charge in [0.1, 0.15) is 54.1 Å². The summed E-state index contributed by atoms with van der Waals surface area (Å²) in [5, 5.41) is 50.8. The van der Waals surface area contributed by atoms with Crippen molar-refractivity contribution >= 4 is 71.1 Å². The molecule has 0 radical (unpaired) electrons. The van der Waals surface area contributed by atoms with E-state index in [1.165, 1.54) is 43.7 Å². The number of aromatic amines is 1. The average molecular weight is 1160 g/mol. The minimum atomic E-state index is -1.80. The number of rotatable bonds is 36. The van der Waals surface area contributed by atoms with Gasteiger partial charge in [-0.1, -0.05) is 53.7 Å². The maximum Gasteiger partial charge on any atom is 0.326 e. The number of phenols is 1. The SMILES string of the molecule is CC(C)CC(N)C(=O)NC(CC(N)=O)C(=O)NC(C(=O)NC(C(=O)NC(C(=O)NC(CCCN=C(N)N)C(=O)NC(Cc1cnc[nH]1)C(=O)NC(CCCN=C(N)N)C(=O)NC(Cc1ccc(O)cc1)C(=O)O)C(C)O)C(C)C)C(C)C. The minimum absolute atomic E-state index is 0.00583. The lowest BCUT2D eigenvalue weighted by Gasteiger charge is -2.30. The van der Waals surface area contributed by atoms with Crippen LogP contribution in [0.25, 0.3) is 0 Å². The van der Waals surface area contributed by atoms with Crippen LogP contribution in [-0.2, 0) is 60.8 Å². The molecule has 1 aromatic carbocycles. The summed E-state index contributed by atoms with van der Waals surface area (Å²) in [5.41, 5.74) is 34.1. The van der Waals surface area contributed by atoms with Crippen molar-refractivity contribution in [3.05, 3.63) is 48.0 Å². The second-order valence-electron chi connectivity index (χ2n) is 20.8. The fourth-order valence-corrected chi connectivity index (χ4v) is 8.04. The van der Waals surface area contributed by atoms with Gasteiger partial charge in [0, 0.05) is 37.8 Å². The number of guanidine groups is 2. The number of hydrogen-bond acceptors (Lipinski definition) is 16. The van der Waals surface area contributed by atoms with E-state index in [2.05, 4.69) is 62.5 Å². The van der Waals surface area contributed by atoms with Crippen LogP contribution in [0.4, 0.5) is 0 Å². The van der Waals surface area contributed by atoms with E-state index >= 15 is 0 Å². The number of aliphatic hydroxyl groups is 1. The first-order valence-corrected chi connectivity index (χ1v) is 26.6. The molecule has 456 valence electrons. The number of nitrogens with zero attached hydrogens (tertiary/aromatic N) is 3. The molecular weight excluding hydrogens is 1070 g/mol. The number of phenolic OH excluding ortho intramolecular Hbond substituents is 1. The molecule has 2 aromatic rings. The highest BCUT2D eigenvalue weighted by Gasteiger charge is 2.38. The van der Waals surface area contributed by atoms with Crippen molar-refractivity contribution in [1.29, 1.82) is 0 Å². The summed E-state index contributed by atoms with van der Waals surface area (Å²) in [7, 11) is 0. The van der Waals surface area contributed by atoms with E-state index in [-0.39, 0.29) is 81.6 Å². The van der Waals surface area contributed by atoms with Gasteiger partial charge in [-0.25, -0.2) is 9.78 Å². The summed E-state index contributed by atoms with van der Waals surface area (Å²) >= 11 is 0. The third-order valence-corrected chi connectivity index (χ3v) is 12.4. The first-order valence-electron chi connectivity index (χ1n) is 26.6. The molecule has 0 spiro atoms. The fraction of sp³-hybridized carbons (Fsp3) is 0.588. The highest BCUT2D eigenvalue weighted by atomic mass is 16.4. The summed E-state index contributed by atoms with van der Waals surface area (Å²) in [6.45, 7) is 11.1. The summed E-state index contributed by atoms with van der Waals surface area (Å²) in [6, 6.07) is -7.53. The zero-order chi connectivity index (χ0) is 62.0. The minimum Gasteiger partial charge on any atom is -0.508 e. The molecular formula is C51H84N18O13. The predicted octanol–water partition coefficient (Wildman–Crippen LogP) is -5.09. The number of carbonyl (C=O) groups is 10. The number of primary amides is 1. The number of nitrogens with one attached hydrogen (secondary N) is 9. The van der Waals surface area contributed by atoms with Crippen molar-refractivity contribution in [3.63, 3.8) is 0 Å². The molecule has 0 saturated heterocycles. The highest BCUT2D eigenvalue weighted by Crippen LogP contribution is 2.14. The molecule has 0 fully saturated rings. The molecule has 0 aliphatic carbocycles. The van der Waals surface area contributed by atoms with Crippen molar-refractivity contribution in [1.82, 2.24) is 52.5 Å². The number of aromatic nitrogens is 2. The second kappa shape index (κ2) is 34.5. The number of nitrogens with two attached hydrogens (primary N) is 6. The topological polar surface area (TPSA) is 537 Å². The van der Waals surface area contributed by atoms with Crippen molar-refractivity contribution < 1.29 is 63.3 Å². The Bertz CT molecular complexity index is 2520. The van der Waals surface area contributed by atoms with E-state index in [9.17, 15) is 63.3 Å². The third kappa shape index (κ3) is 25.2. The Balaban J connectivity index is 2.46. The molecule has 10 atom stereocenters. The molecule has 2 rings (SSSR count). The summed E-state index contributed by atoms with van der Waals surface area (Å²) in [5.74, 6) is -11.8. The van der Waals surface area contributed by atoms with Gasteiger partial charge in [0.2, 0.25) is 53.2 Å². The van der Waals surface area contributed by atoms with Crippen molar-refractivity contribution in [3.8, 4) is 5.75 Å². The molecule has 0 aliphatic heterocycles. The lowest BCUT2D eigenvalue weighted by molar-refractivity contribution is -0.142. The van der Waals surface area contributed by atoms with Gasteiger partial charge in [0.05, 0.1) is 24.9 Å². The van der Waals surface area contributed by atoms with Crippen LogP contribution in [0.1, 0.15) is 98.2 Å². The van der Waals surface area contributed by atoms with Gasteiger partial charge in [0.15, 0.2) is 11.9 Å². The Morgan fingerprint density at radius 3 is 1.43 bits per heavy atom. The number of carboxylic acid groups (broad SMARTS) is 1. The zero-order valence-electron chi connectivity index (χ0n) is 47.3. The van der Waals surface area contributed by atoms with E-state index < -0.39 is 138 Å². The van der Waals surface area contributed by atoms with E-state index in [1.54, 1.807) is 27.7 Å². The van der Waals surface area contributed by atoms with Gasteiger partial charge in [-0.15, -0.1) is 0 Å². The largest absolute Gasteiger partial charge is 0.508 e. The lowest BCUT2D eigenvalue weighted by Crippen LogP contribution is -2.63. The smallest absolute Gasteiger partial charge is 0.326 e. The quantitative estimate of drug-likeness (QED) is 0.0172. The zero-order valence-corrected chi connectivity index (χ0v) is 47.3. The van der Waals surface area contributed by atoms with Crippen LogP contribution in [-0.4, -0.2) is 170 Å². The van der Waals surface area contributed by atoms with Gasteiger partial charge in [-0.2, -0.15) is 0 Å². The Morgan fingerprint density at radius 2 is 0.988 bits per heavy atom. The van der Waals surface area contributed by atoms with Crippen LogP contribution in [0.5, 0.6) is 5.75 Å². The first-order chi connectivity index (χ1) is 38.4. The molecule has 24 N–H and O–H groups in total. The van der Waals surface area contributed by atoms with Crippen LogP contribution < -0.4 is 76.9 Å². The molecule has 82 heavy (non-hydrogen) atoms. The molecule has 10 unspecified atom stereocenters. The van der Waals surface area contributed by atoms with Crippen LogP contribution in [0.3, 0.4) is 0 Å². The van der Waals surface area contributed by atoms with E-state index in [0.29, 0.717) is 11.3 Å². The van der Waals surface area contributed by atoms with Gasteiger partial charge >= 0.3 is 5.97 Å². The predicted molar refractivity (Wildman–Crippen MR) is 300 cm³/mol. The molecule has 0 saturated carbocycles. The Labute approximate surface area is 474 Å². The van der Waals surface area contributed by atoms with Crippen molar-refractivity contribution in [2.45, 2.75) is 160 Å². The van der Waals surface area contributed by atoms with E-state index in [4.69, 9.17) is 34.4 Å². The maximum absolute atomic E-state index is 14.4. The number of imidazole rings is 1. The summed E-state index contributed by atoms with van der Waals surface area (Å²) < 4.78 is 0. The molecule has 31 heteroatoms. The third-order valence-electron chi connectivity index (χ3n) is 12.4. The molecule has 0 bridgehead atoms. The van der Waals surface area contributed by atoms with Crippen molar-refractivity contribution in [2.75, 3.05) is 13.1 Å². The standard InChI is InChI=1S/C51H84N18O13/c1-24(2)18-31(52)41(73)64-35(21-37(53)72)45(77)67-38(25(3)4)46(78)68-39(26(5)6)47(79)69-40(27(7)70)48(80)63-33(11-9-17-60-51(56)57)42(74)65-34(20-29-22-58-23-61-29)44(76)62-32(10-8-16-59-50(54)55)43(75)66-36(49(81)82)19-28-12-14-30(71)15-13-28/h12-15,22-27,31-36,38-40,70-71H,8-11,16-21,52H2,1-7H3,(H2,53,72)(H,58,61)(H,62,76)(H,63,80)(H,64,73)(H,65,74)(H,66,75)(H,67,77)(H,68,78)(H,69,79)(H,81,82)(H4,54,55,59)(H4,56,57,60). The molecule has 31 nitrogen and oxygen atoms in total. The number of aliphatic imine (C=N–C) groups is 2. The molecule has 9 amide bonds. The van der Waals surface area contributed by atoms with E-state index in [0.717, 1.165) is 0 Å². The molecule has 1 aromatic heterocycles. The fourth-order valence-electron chi connectivity index (χ4n) is 8.04. The highest BCUT2D eigenvalue weighted by molar-refractivity contribution is 5.99. The number of aliphatic carboxylic acids is 1. The van der Waals surface area contributed by atoms with Gasteiger partial charge < -0.3 is 97.2 Å². The number of H-pyrrole nitrogens is 1. The average Bonchev–Trinajstić information content (AvgIpc) is 3.90. The maximum atomic E-state index is 14.4. The van der Waals surface area contributed by atoms with Gasteiger partial charge in [-0.3, -0.25) is 53.1 Å². The summed E-state index contributed by atoms with van der Waals surface area (Å²) in [4.78, 5) is 150. The van der Waals surface area contributed by atoms with E-state index in [1.807, 2.05) is 13.8 Å². The number of aromatic hydroxyl groups is 1. The number of carboxylic acids is 1. The number of amides is 9. The summed E-state index contributed by atoms with van der Waals surface area (Å²) in [6.07, 6.45) is -0.0352. The van der Waals surface area contributed by atoms with Crippen LogP contribution in [0.2, 0.25) is 0 Å². The number of carbonyl (C=O) groups excluding carboxylic acids is 9. The monoisotopic (exact) mass is 1160 g/mol. The Morgan fingerprint density at radius 1 is 0.561 bits per heavy atom. The molecule has 0 aliphatic rings. The number of aliphatic hydroxyl groups excluding tert-OH is 1. The van der Waals surface area contributed by atoms with Crippen molar-refractivity contribution in [2.24, 2.45) is 62.1 Å².